The third kappa shape index (κ3) is 5.24. The molecule has 14 heteroatoms. The second kappa shape index (κ2) is 12.3. The minimum Gasteiger partial charge on any atom is -0.400 e. The summed E-state index contributed by atoms with van der Waals surface area (Å²) < 4.78 is 15.3. The summed E-state index contributed by atoms with van der Waals surface area (Å²) in [5.41, 5.74) is 4.97. The van der Waals surface area contributed by atoms with Crippen molar-refractivity contribution in [3.8, 4) is 0 Å². The van der Waals surface area contributed by atoms with Crippen LogP contribution in [0.4, 0.5) is 0 Å². The Morgan fingerprint density at radius 3 is 1.38 bits per heavy atom. The molecule has 0 aliphatic carbocycles. The molecule has 0 saturated carbocycles. The van der Waals surface area contributed by atoms with Crippen molar-refractivity contribution in [1.29, 1.82) is 0 Å². The molecule has 0 aromatic heterocycles. The van der Waals surface area contributed by atoms with Crippen molar-refractivity contribution in [1.82, 2.24) is 4.90 Å². The number of ether oxygens (including phenoxy) is 3. The number of nitrogens with zero attached hydrogens (tertiary/aromatic N) is 1. The van der Waals surface area contributed by atoms with Crippen LogP contribution in [0.2, 0.25) is 0 Å². The summed E-state index contributed by atoms with van der Waals surface area (Å²) in [7, 11) is 1.00. The van der Waals surface area contributed by atoms with Crippen LogP contribution in [0.25, 0.3) is 0 Å². The summed E-state index contributed by atoms with van der Waals surface area (Å²) in [4.78, 5) is 47.4. The molecule has 37 heavy (non-hydrogen) atoms. The highest BCUT2D eigenvalue weighted by Gasteiger charge is 2.62. The maximum absolute atomic E-state index is 12.1. The SMILES string of the molecule is CO.NC(CO)CO.O=C1C2C3C=CC(O3)C2C(=O)N1C(CO)CO.O=C1OC(=O)C2C3C=CC(O3)C12.[2HH]. The third-order valence-electron chi connectivity index (χ3n) is 6.85. The van der Waals surface area contributed by atoms with Gasteiger partial charge in [-0.25, -0.2) is 0 Å². The number of amides is 2. The second-order valence-corrected chi connectivity index (χ2v) is 8.93. The van der Waals surface area contributed by atoms with E-state index in [-0.39, 0.29) is 62.7 Å². The molecule has 0 spiro atoms. The quantitative estimate of drug-likeness (QED) is 0.0863. The van der Waals surface area contributed by atoms with Gasteiger partial charge in [-0.05, 0) is 0 Å². The van der Waals surface area contributed by atoms with E-state index in [1.807, 2.05) is 12.2 Å². The lowest BCUT2D eigenvalue weighted by Gasteiger charge is -2.24. The predicted octanol–water partition coefficient (Wildman–Crippen LogP) is -3.93. The van der Waals surface area contributed by atoms with Gasteiger partial charge in [0.1, 0.15) is 11.8 Å². The molecule has 208 valence electrons. The number of hydrogen-bond acceptors (Lipinski definition) is 13. The Hall–Kier alpha value is -2.56. The van der Waals surface area contributed by atoms with Crippen LogP contribution in [-0.2, 0) is 33.4 Å². The van der Waals surface area contributed by atoms with Crippen LogP contribution in [0, 0.1) is 23.7 Å². The Labute approximate surface area is 213 Å². The molecule has 4 bridgehead atoms. The molecule has 0 aromatic rings. The Morgan fingerprint density at radius 2 is 1.08 bits per heavy atom. The standard InChI is InChI=1S/C11H13NO5.C8H6O4.C3H9NO2.CH4O.H2/c13-3-5(4-14)12-10(15)8-6-1-2-7(17-6)9(8)11(12)16;9-7-5-3-1-2-4(11-3)6(5)8(10)12-7;4-3(1-5)2-6;1-2;/h1-2,5-9,13-14H,3-4H2;1-6H;3,5-6H,1-2,4H2;2H,1H3;1H/i;;;;1+1. The van der Waals surface area contributed by atoms with Crippen molar-refractivity contribution in [3.63, 3.8) is 0 Å². The molecular formula is C23H34N2O12. The molecular weight excluding hydrogens is 496 g/mol. The van der Waals surface area contributed by atoms with E-state index in [0.717, 1.165) is 12.0 Å². The highest BCUT2D eigenvalue weighted by atomic mass is 16.6. The molecule has 0 aromatic carbocycles. The van der Waals surface area contributed by atoms with E-state index in [0.29, 0.717) is 0 Å². The molecule has 8 unspecified atom stereocenters. The van der Waals surface area contributed by atoms with Gasteiger partial charge in [0.15, 0.2) is 0 Å². The largest absolute Gasteiger partial charge is 0.400 e. The summed E-state index contributed by atoms with van der Waals surface area (Å²) in [6, 6.07) is -1.29. The zero-order chi connectivity index (χ0) is 27.4. The normalized spacial score (nSPS) is 35.2. The van der Waals surface area contributed by atoms with E-state index >= 15 is 0 Å². The van der Waals surface area contributed by atoms with Crippen LogP contribution >= 0.6 is 0 Å². The molecule has 4 fully saturated rings. The average molecular weight is 532 g/mol. The van der Waals surface area contributed by atoms with Gasteiger partial charge >= 0.3 is 11.9 Å². The molecule has 7 N–H and O–H groups in total. The van der Waals surface area contributed by atoms with Gasteiger partial charge in [0, 0.05) is 8.54 Å². The Kier molecular flexibility index (Phi) is 9.66. The number of aliphatic hydroxyl groups excluding tert-OH is 5. The van der Waals surface area contributed by atoms with E-state index in [2.05, 4.69) is 4.74 Å². The lowest BCUT2D eigenvalue weighted by molar-refractivity contribution is -0.156. The third-order valence-corrected chi connectivity index (χ3v) is 6.85. The highest BCUT2D eigenvalue weighted by Crippen LogP contribution is 2.46. The number of aliphatic hydroxyl groups is 5. The van der Waals surface area contributed by atoms with Gasteiger partial charge in [0.2, 0.25) is 11.8 Å². The first kappa shape index (κ1) is 29.0. The summed E-state index contributed by atoms with van der Waals surface area (Å²) >= 11 is 0. The molecule has 4 saturated heterocycles. The average Bonchev–Trinajstić information content (AvgIpc) is 3.76. The van der Waals surface area contributed by atoms with Gasteiger partial charge in [-0.3, -0.25) is 24.1 Å². The number of nitrogens with two attached hydrogens (primary N) is 1. The maximum atomic E-state index is 12.1. The van der Waals surface area contributed by atoms with Crippen LogP contribution in [0.5, 0.6) is 0 Å². The molecule has 6 aliphatic rings. The zero-order valence-electron chi connectivity index (χ0n) is 20.0. The predicted molar refractivity (Wildman–Crippen MR) is 123 cm³/mol. The van der Waals surface area contributed by atoms with Gasteiger partial charge in [0.05, 0.1) is 74.8 Å². The van der Waals surface area contributed by atoms with Crippen LogP contribution in [0.1, 0.15) is 1.43 Å². The van der Waals surface area contributed by atoms with Crippen molar-refractivity contribution >= 4 is 23.8 Å². The lowest BCUT2D eigenvalue weighted by atomic mass is 9.85. The number of fused-ring (bicyclic) bond motifs is 10. The first-order chi connectivity index (χ1) is 17.8. The fourth-order valence-corrected chi connectivity index (χ4v) is 5.07. The monoisotopic (exact) mass is 531 g/mol. The topological polar surface area (TPSA) is 226 Å². The summed E-state index contributed by atoms with van der Waals surface area (Å²) in [5.74, 6) is -3.23. The van der Waals surface area contributed by atoms with E-state index in [9.17, 15) is 19.2 Å². The summed E-state index contributed by atoms with van der Waals surface area (Å²) in [6.45, 7) is -1.12. The fourth-order valence-electron chi connectivity index (χ4n) is 5.07. The molecule has 14 nitrogen and oxygen atoms in total. The number of likely N-dealkylation sites (tertiary alicyclic amines) is 1. The van der Waals surface area contributed by atoms with Crippen molar-refractivity contribution in [2.75, 3.05) is 33.5 Å². The Bertz CT molecular complexity index is 879. The summed E-state index contributed by atoms with van der Waals surface area (Å²) in [6.07, 6.45) is 6.14. The molecule has 6 heterocycles. The van der Waals surface area contributed by atoms with Crippen LogP contribution in [0.15, 0.2) is 24.3 Å². The van der Waals surface area contributed by atoms with Crippen LogP contribution in [0.3, 0.4) is 0 Å². The van der Waals surface area contributed by atoms with Crippen molar-refractivity contribution in [3.05, 3.63) is 24.3 Å². The fraction of sp³-hybridized carbons (Fsp3) is 0.652. The molecule has 6 aliphatic heterocycles. The van der Waals surface area contributed by atoms with Gasteiger partial charge in [-0.15, -0.1) is 0 Å². The summed E-state index contributed by atoms with van der Waals surface area (Å²) in [5, 5.41) is 41.3. The first-order valence-corrected chi connectivity index (χ1v) is 11.7. The van der Waals surface area contributed by atoms with Gasteiger partial charge in [-0.1, -0.05) is 24.3 Å². The first-order valence-electron chi connectivity index (χ1n) is 11.7. The zero-order valence-corrected chi connectivity index (χ0v) is 20.0. The van der Waals surface area contributed by atoms with Crippen molar-refractivity contribution < 1.29 is 60.3 Å². The minimum atomic E-state index is -0.833. The van der Waals surface area contributed by atoms with Gasteiger partial charge < -0.3 is 45.5 Å². The lowest BCUT2D eigenvalue weighted by Crippen LogP contribution is -2.46. The van der Waals surface area contributed by atoms with Crippen LogP contribution < -0.4 is 5.73 Å². The molecule has 6 rings (SSSR count). The smallest absolute Gasteiger partial charge is 0.320 e. The number of esters is 2. The highest BCUT2D eigenvalue weighted by molar-refractivity contribution is 6.07. The molecule has 8 atom stereocenters. The maximum Gasteiger partial charge on any atom is 0.320 e. The number of imide groups is 1. The van der Waals surface area contributed by atoms with E-state index < -0.39 is 49.1 Å². The number of carbonyl (C=O) groups excluding carboxylic acids is 4. The second-order valence-electron chi connectivity index (χ2n) is 8.93. The molecule has 0 radical (unpaired) electrons. The van der Waals surface area contributed by atoms with Crippen molar-refractivity contribution in [2.24, 2.45) is 29.4 Å². The van der Waals surface area contributed by atoms with E-state index in [4.69, 9.17) is 40.7 Å². The van der Waals surface area contributed by atoms with Crippen molar-refractivity contribution in [2.45, 2.75) is 36.5 Å². The van der Waals surface area contributed by atoms with E-state index in [1.165, 1.54) is 0 Å². The number of rotatable bonds is 5. The Balaban J connectivity index is 0.000000212. The van der Waals surface area contributed by atoms with Gasteiger partial charge in [-0.2, -0.15) is 0 Å². The number of cyclic esters (lactones) is 2. The van der Waals surface area contributed by atoms with Crippen LogP contribution in [-0.4, -0.2) is 124 Å². The Morgan fingerprint density at radius 1 is 0.730 bits per heavy atom. The molecule has 2 amide bonds. The minimum absolute atomic E-state index is 0. The van der Waals surface area contributed by atoms with E-state index in [1.54, 1.807) is 12.2 Å². The number of hydrogen-bond donors (Lipinski definition) is 6. The number of carbonyl (C=O) groups is 4. The van der Waals surface area contributed by atoms with Gasteiger partial charge in [0.25, 0.3) is 0 Å².